The highest BCUT2D eigenvalue weighted by molar-refractivity contribution is 4.97. The van der Waals surface area contributed by atoms with Crippen LogP contribution >= 0.6 is 0 Å². The third kappa shape index (κ3) is 2.88. The van der Waals surface area contributed by atoms with E-state index in [1.165, 1.54) is 0 Å². The number of aryl methyl sites for hydroxylation is 2. The number of aromatic nitrogens is 4. The number of nitrogens with zero attached hydrogens (tertiary/aromatic N) is 4. The molecule has 2 aromatic rings. The first kappa shape index (κ1) is 13.3. The average molecular weight is 277 g/mol. The van der Waals surface area contributed by atoms with Crippen molar-refractivity contribution in [2.75, 3.05) is 19.7 Å². The lowest BCUT2D eigenvalue weighted by atomic mass is 10.2. The molecule has 0 aromatic carbocycles. The van der Waals surface area contributed by atoms with Gasteiger partial charge in [0.05, 0.1) is 19.3 Å². The first-order valence-electron chi connectivity index (χ1n) is 6.91. The number of H-pyrrole nitrogens is 1. The fourth-order valence-corrected chi connectivity index (χ4v) is 2.28. The monoisotopic (exact) mass is 277 g/mol. The van der Waals surface area contributed by atoms with Crippen LogP contribution < -0.4 is 0 Å². The summed E-state index contributed by atoms with van der Waals surface area (Å²) in [5, 5.41) is 7.02. The van der Waals surface area contributed by atoms with Gasteiger partial charge in [0.25, 0.3) is 0 Å². The van der Waals surface area contributed by atoms with Crippen molar-refractivity contribution in [3.8, 4) is 0 Å². The highest BCUT2D eigenvalue weighted by Gasteiger charge is 2.25. The van der Waals surface area contributed by atoms with Gasteiger partial charge in [-0.1, -0.05) is 6.92 Å². The average Bonchev–Trinajstić information content (AvgIpc) is 3.08. The van der Waals surface area contributed by atoms with E-state index in [-0.39, 0.29) is 6.10 Å². The zero-order valence-corrected chi connectivity index (χ0v) is 11.8. The Morgan fingerprint density at radius 3 is 3.10 bits per heavy atom. The fourth-order valence-electron chi connectivity index (χ4n) is 2.28. The normalized spacial score (nSPS) is 20.4. The molecule has 1 fully saturated rings. The number of aromatic amines is 1. The van der Waals surface area contributed by atoms with Crippen molar-refractivity contribution < 1.29 is 9.15 Å². The van der Waals surface area contributed by atoms with Crippen molar-refractivity contribution >= 4 is 0 Å². The van der Waals surface area contributed by atoms with Crippen LogP contribution in [0.5, 0.6) is 0 Å². The number of hydrogen-bond acceptors (Lipinski definition) is 6. The molecule has 1 atom stereocenters. The van der Waals surface area contributed by atoms with Crippen molar-refractivity contribution in [2.24, 2.45) is 0 Å². The second kappa shape index (κ2) is 5.72. The van der Waals surface area contributed by atoms with Gasteiger partial charge in [-0.05, 0) is 6.92 Å². The van der Waals surface area contributed by atoms with Crippen LogP contribution in [-0.2, 0) is 17.7 Å². The Kier molecular flexibility index (Phi) is 3.79. The highest BCUT2D eigenvalue weighted by atomic mass is 16.5. The quantitative estimate of drug-likeness (QED) is 0.905. The van der Waals surface area contributed by atoms with E-state index in [1.54, 1.807) is 6.20 Å². The molecule has 1 aliphatic heterocycles. The predicted octanol–water partition coefficient (Wildman–Crippen LogP) is 1.24. The van der Waals surface area contributed by atoms with E-state index >= 15 is 0 Å². The first-order valence-corrected chi connectivity index (χ1v) is 6.91. The van der Waals surface area contributed by atoms with Gasteiger partial charge in [0.1, 0.15) is 17.7 Å². The molecule has 1 N–H and O–H groups in total. The minimum absolute atomic E-state index is 0.0886. The third-order valence-electron chi connectivity index (χ3n) is 3.36. The summed E-state index contributed by atoms with van der Waals surface area (Å²) in [6, 6.07) is 0. The van der Waals surface area contributed by atoms with E-state index in [2.05, 4.69) is 32.0 Å². The van der Waals surface area contributed by atoms with Crippen molar-refractivity contribution in [3.05, 3.63) is 29.5 Å². The topological polar surface area (TPSA) is 80.1 Å². The maximum absolute atomic E-state index is 5.73. The summed E-state index contributed by atoms with van der Waals surface area (Å²) in [4.78, 5) is 10.9. The zero-order valence-electron chi connectivity index (χ0n) is 11.8. The van der Waals surface area contributed by atoms with Gasteiger partial charge in [-0.25, -0.2) is 9.97 Å². The summed E-state index contributed by atoms with van der Waals surface area (Å²) in [6.07, 6.45) is 2.58. The van der Waals surface area contributed by atoms with Crippen LogP contribution in [-0.4, -0.2) is 44.8 Å². The fraction of sp³-hybridized carbons (Fsp3) is 0.615. The first-order chi connectivity index (χ1) is 9.74. The van der Waals surface area contributed by atoms with Gasteiger partial charge >= 0.3 is 0 Å². The second-order valence-corrected chi connectivity index (χ2v) is 4.95. The van der Waals surface area contributed by atoms with Gasteiger partial charge < -0.3 is 9.15 Å². The van der Waals surface area contributed by atoms with Crippen LogP contribution in [0, 0.1) is 6.92 Å². The van der Waals surface area contributed by atoms with Gasteiger partial charge in [0, 0.05) is 19.5 Å². The second-order valence-electron chi connectivity index (χ2n) is 4.95. The standard InChI is InChI=1S/C13H19N5O2/c1-3-10-6-14-12(20-10)8-18-4-5-19-11(7-18)13-15-9(2)16-17-13/h6,11H,3-5,7-8H2,1-2H3,(H,15,16,17)/t11-/m1/s1. The lowest BCUT2D eigenvalue weighted by Crippen LogP contribution is -2.38. The van der Waals surface area contributed by atoms with Crippen LogP contribution in [0.1, 0.15) is 36.3 Å². The van der Waals surface area contributed by atoms with Crippen LogP contribution in [0.15, 0.2) is 10.6 Å². The summed E-state index contributed by atoms with van der Waals surface area (Å²) in [5.41, 5.74) is 0. The summed E-state index contributed by atoms with van der Waals surface area (Å²) in [6.45, 7) is 6.92. The minimum Gasteiger partial charge on any atom is -0.444 e. The molecule has 7 heteroatoms. The molecule has 1 aliphatic rings. The van der Waals surface area contributed by atoms with Crippen molar-refractivity contribution in [2.45, 2.75) is 32.9 Å². The van der Waals surface area contributed by atoms with Gasteiger partial charge in [-0.3, -0.25) is 10.00 Å². The molecule has 0 unspecified atom stereocenters. The maximum atomic E-state index is 5.73. The molecule has 3 heterocycles. The number of rotatable bonds is 4. The summed E-state index contributed by atoms with van der Waals surface area (Å²) >= 11 is 0. The molecule has 0 bridgehead atoms. The molecule has 3 rings (SSSR count). The largest absolute Gasteiger partial charge is 0.444 e. The Bertz CT molecular complexity index is 565. The van der Waals surface area contributed by atoms with Gasteiger partial charge in [0.2, 0.25) is 5.89 Å². The zero-order chi connectivity index (χ0) is 13.9. The van der Waals surface area contributed by atoms with Crippen molar-refractivity contribution in [3.63, 3.8) is 0 Å². The third-order valence-corrected chi connectivity index (χ3v) is 3.36. The molecular weight excluding hydrogens is 258 g/mol. The molecular formula is C13H19N5O2. The van der Waals surface area contributed by atoms with Crippen molar-refractivity contribution in [1.29, 1.82) is 0 Å². The highest BCUT2D eigenvalue weighted by Crippen LogP contribution is 2.20. The van der Waals surface area contributed by atoms with Gasteiger partial charge in [0.15, 0.2) is 5.82 Å². The smallest absolute Gasteiger partial charge is 0.208 e. The SMILES string of the molecule is CCc1cnc(CN2CCO[C@@H](c3n[nH]c(C)n3)C2)o1. The molecule has 0 spiro atoms. The summed E-state index contributed by atoms with van der Waals surface area (Å²) < 4.78 is 11.4. The molecule has 0 radical (unpaired) electrons. The molecule has 1 saturated heterocycles. The molecule has 20 heavy (non-hydrogen) atoms. The van der Waals surface area contributed by atoms with E-state index < -0.39 is 0 Å². The van der Waals surface area contributed by atoms with Crippen LogP contribution in [0.3, 0.4) is 0 Å². The number of oxazole rings is 1. The molecule has 7 nitrogen and oxygen atoms in total. The van der Waals surface area contributed by atoms with E-state index in [4.69, 9.17) is 9.15 Å². The lowest BCUT2D eigenvalue weighted by molar-refractivity contribution is -0.0393. The lowest BCUT2D eigenvalue weighted by Gasteiger charge is -2.30. The molecule has 0 amide bonds. The minimum atomic E-state index is -0.0886. The molecule has 0 saturated carbocycles. The van der Waals surface area contributed by atoms with E-state index in [1.807, 2.05) is 6.92 Å². The maximum Gasteiger partial charge on any atom is 0.208 e. The predicted molar refractivity (Wildman–Crippen MR) is 71.0 cm³/mol. The van der Waals surface area contributed by atoms with Crippen LogP contribution in [0.4, 0.5) is 0 Å². The van der Waals surface area contributed by atoms with Crippen LogP contribution in [0.2, 0.25) is 0 Å². The molecule has 0 aliphatic carbocycles. The summed E-state index contributed by atoms with van der Waals surface area (Å²) in [5.74, 6) is 3.21. The number of ether oxygens (including phenoxy) is 1. The van der Waals surface area contributed by atoms with E-state index in [0.717, 1.165) is 37.0 Å². The Hall–Kier alpha value is -1.73. The number of morpholine rings is 1. The van der Waals surface area contributed by atoms with Gasteiger partial charge in [-0.15, -0.1) is 0 Å². The van der Waals surface area contributed by atoms with Crippen molar-refractivity contribution in [1.82, 2.24) is 25.1 Å². The van der Waals surface area contributed by atoms with E-state index in [0.29, 0.717) is 19.0 Å². The number of nitrogens with one attached hydrogen (secondary N) is 1. The van der Waals surface area contributed by atoms with E-state index in [9.17, 15) is 0 Å². The summed E-state index contributed by atoms with van der Waals surface area (Å²) in [7, 11) is 0. The van der Waals surface area contributed by atoms with Gasteiger partial charge in [-0.2, -0.15) is 5.10 Å². The van der Waals surface area contributed by atoms with Crippen LogP contribution in [0.25, 0.3) is 0 Å². The molecule has 108 valence electrons. The Morgan fingerprint density at radius 1 is 1.50 bits per heavy atom. The molecule has 2 aromatic heterocycles. The Morgan fingerprint density at radius 2 is 2.40 bits per heavy atom. The number of hydrogen-bond donors (Lipinski definition) is 1. The Balaban J connectivity index is 1.63. The Labute approximate surface area is 117 Å².